The van der Waals surface area contributed by atoms with Gasteiger partial charge in [-0.25, -0.2) is 4.79 Å². The largest absolute Gasteiger partial charge is 0.573 e. The van der Waals surface area contributed by atoms with Gasteiger partial charge in [0.2, 0.25) is 0 Å². The number of carbonyl (C=O) groups excluding carboxylic acids is 1. The number of benzene rings is 2. The van der Waals surface area contributed by atoms with Crippen LogP contribution < -0.4 is 10.5 Å². The summed E-state index contributed by atoms with van der Waals surface area (Å²) in [7, 11) is 0. The van der Waals surface area contributed by atoms with Crippen molar-refractivity contribution in [3.05, 3.63) is 53.6 Å². The lowest BCUT2D eigenvalue weighted by molar-refractivity contribution is -0.274. The Kier molecular flexibility index (Phi) is 4.80. The Hall–Kier alpha value is -2.70. The van der Waals surface area contributed by atoms with E-state index in [-0.39, 0.29) is 11.2 Å². The molecule has 1 unspecified atom stereocenters. The Balaban J connectivity index is 1.95. The van der Waals surface area contributed by atoms with Crippen LogP contribution in [-0.2, 0) is 11.2 Å². The van der Waals surface area contributed by atoms with Crippen molar-refractivity contribution in [2.45, 2.75) is 39.2 Å². The van der Waals surface area contributed by atoms with Crippen LogP contribution in [0.3, 0.4) is 0 Å². The molecule has 2 N–H and O–H groups in total. The number of amides is 1. The first-order valence-electron chi connectivity index (χ1n) is 8.50. The van der Waals surface area contributed by atoms with Gasteiger partial charge < -0.3 is 15.2 Å². The highest BCUT2D eigenvalue weighted by atomic mass is 19.4. The van der Waals surface area contributed by atoms with Crippen molar-refractivity contribution in [1.29, 1.82) is 0 Å². The van der Waals surface area contributed by atoms with E-state index in [1.54, 1.807) is 12.1 Å². The smallest absolute Gasteiger partial charge is 0.441 e. The van der Waals surface area contributed by atoms with Gasteiger partial charge in [-0.1, -0.05) is 44.2 Å². The average Bonchev–Trinajstić information content (AvgIpc) is 2.55. The van der Waals surface area contributed by atoms with Crippen LogP contribution in [0.25, 0.3) is 11.1 Å². The summed E-state index contributed by atoms with van der Waals surface area (Å²) in [6.07, 6.45) is -4.47. The van der Waals surface area contributed by atoms with Crippen LogP contribution in [0.5, 0.6) is 5.75 Å². The van der Waals surface area contributed by atoms with Crippen molar-refractivity contribution < 1.29 is 27.4 Å². The van der Waals surface area contributed by atoms with E-state index in [0.29, 0.717) is 5.56 Å². The quantitative estimate of drug-likeness (QED) is 0.781. The lowest BCUT2D eigenvalue weighted by Gasteiger charge is -2.39. The van der Waals surface area contributed by atoms with Gasteiger partial charge in [-0.15, -0.1) is 13.2 Å². The third kappa shape index (κ3) is 4.35. The molecule has 1 atom stereocenters. The van der Waals surface area contributed by atoms with Crippen molar-refractivity contribution in [2.75, 3.05) is 0 Å². The molecule has 0 saturated carbocycles. The molecule has 1 amide bonds. The van der Waals surface area contributed by atoms with Gasteiger partial charge in [0, 0.05) is 5.41 Å². The third-order valence-electron chi connectivity index (χ3n) is 4.81. The van der Waals surface area contributed by atoms with E-state index in [2.05, 4.69) is 4.74 Å². The van der Waals surface area contributed by atoms with Crippen LogP contribution in [0, 0.1) is 5.41 Å². The fourth-order valence-electron chi connectivity index (χ4n) is 3.48. The first-order chi connectivity index (χ1) is 12.5. The number of primary amides is 1. The number of alkyl halides is 3. The minimum absolute atomic E-state index is 0.260. The second-order valence-corrected chi connectivity index (χ2v) is 7.29. The minimum atomic E-state index is -4.74. The van der Waals surface area contributed by atoms with Crippen LogP contribution in [0.1, 0.15) is 37.5 Å². The average molecular weight is 379 g/mol. The summed E-state index contributed by atoms with van der Waals surface area (Å²) in [5, 5.41) is 0. The zero-order valence-corrected chi connectivity index (χ0v) is 15.0. The second kappa shape index (κ2) is 6.79. The first-order valence-corrected chi connectivity index (χ1v) is 8.50. The molecular weight excluding hydrogens is 359 g/mol. The van der Waals surface area contributed by atoms with Crippen molar-refractivity contribution >= 4 is 6.09 Å². The van der Waals surface area contributed by atoms with E-state index >= 15 is 0 Å². The summed E-state index contributed by atoms with van der Waals surface area (Å²) in [4.78, 5) is 11.3. The molecule has 1 aliphatic rings. The number of hydrogen-bond acceptors (Lipinski definition) is 3. The maximum Gasteiger partial charge on any atom is 0.573 e. The number of aryl methyl sites for hydroxylation is 1. The third-order valence-corrected chi connectivity index (χ3v) is 4.81. The highest BCUT2D eigenvalue weighted by molar-refractivity contribution is 5.68. The fourth-order valence-corrected chi connectivity index (χ4v) is 3.48. The molecule has 0 saturated heterocycles. The number of nitrogens with two attached hydrogens (primary N) is 1. The fraction of sp³-hybridized carbons (Fsp3) is 0.350. The Morgan fingerprint density at radius 2 is 1.85 bits per heavy atom. The maximum absolute atomic E-state index is 12.4. The van der Waals surface area contributed by atoms with Crippen LogP contribution >= 0.6 is 0 Å². The Bertz CT molecular complexity index is 862. The molecule has 0 spiro atoms. The van der Waals surface area contributed by atoms with E-state index in [0.717, 1.165) is 29.5 Å². The van der Waals surface area contributed by atoms with Crippen LogP contribution in [0.4, 0.5) is 18.0 Å². The van der Waals surface area contributed by atoms with Crippen molar-refractivity contribution in [3.63, 3.8) is 0 Å². The highest BCUT2D eigenvalue weighted by Crippen LogP contribution is 2.46. The number of carbonyl (C=O) groups is 1. The van der Waals surface area contributed by atoms with E-state index in [1.807, 2.05) is 26.0 Å². The minimum Gasteiger partial charge on any atom is -0.441 e. The van der Waals surface area contributed by atoms with E-state index in [9.17, 15) is 18.0 Å². The summed E-state index contributed by atoms with van der Waals surface area (Å²) >= 11 is 0. The van der Waals surface area contributed by atoms with Gasteiger partial charge in [-0.3, -0.25) is 0 Å². The van der Waals surface area contributed by atoms with Crippen molar-refractivity contribution in [3.8, 4) is 16.9 Å². The van der Waals surface area contributed by atoms with Gasteiger partial charge in [0.05, 0.1) is 0 Å². The predicted molar refractivity (Wildman–Crippen MR) is 94.1 cm³/mol. The maximum atomic E-state index is 12.4. The molecular formula is C20H20F3NO3. The van der Waals surface area contributed by atoms with E-state index in [4.69, 9.17) is 10.5 Å². The zero-order valence-electron chi connectivity index (χ0n) is 15.0. The van der Waals surface area contributed by atoms with Crippen molar-refractivity contribution in [2.24, 2.45) is 11.1 Å². The predicted octanol–water partition coefficient (Wildman–Crippen LogP) is 5.36. The summed E-state index contributed by atoms with van der Waals surface area (Å²) in [5.74, 6) is -0.270. The summed E-state index contributed by atoms with van der Waals surface area (Å²) < 4.78 is 46.7. The standard InChI is InChI=1S/C20H20F3NO3/c1-19(2)9-8-14-10-13(6-7-16(14)17(19)26-18(24)25)12-4-3-5-15(11-12)27-20(21,22)23/h3-7,10-11,17H,8-9H2,1-2H3,(H2,24,25). The van der Waals surface area contributed by atoms with Crippen LogP contribution in [-0.4, -0.2) is 12.5 Å². The van der Waals surface area contributed by atoms with E-state index in [1.165, 1.54) is 18.2 Å². The molecule has 0 aliphatic heterocycles. The molecule has 144 valence electrons. The Labute approximate surface area is 155 Å². The van der Waals surface area contributed by atoms with Gasteiger partial charge >= 0.3 is 12.5 Å². The summed E-state index contributed by atoms with van der Waals surface area (Å²) in [6, 6.07) is 11.4. The number of hydrogen-bond donors (Lipinski definition) is 1. The molecule has 3 rings (SSSR count). The Morgan fingerprint density at radius 1 is 1.15 bits per heavy atom. The lowest BCUT2D eigenvalue weighted by Crippen LogP contribution is -2.33. The molecule has 0 radical (unpaired) electrons. The van der Waals surface area contributed by atoms with Gasteiger partial charge in [0.15, 0.2) is 0 Å². The SMILES string of the molecule is CC1(C)CCc2cc(-c3cccc(OC(F)(F)F)c3)ccc2C1OC(N)=O. The molecule has 0 aromatic heterocycles. The van der Waals surface area contributed by atoms with Crippen LogP contribution in [0.15, 0.2) is 42.5 Å². The molecule has 7 heteroatoms. The van der Waals surface area contributed by atoms with Gasteiger partial charge in [0.1, 0.15) is 11.9 Å². The number of rotatable bonds is 3. The lowest BCUT2D eigenvalue weighted by atomic mass is 9.71. The molecule has 0 bridgehead atoms. The number of fused-ring (bicyclic) bond motifs is 1. The monoisotopic (exact) mass is 379 g/mol. The highest BCUT2D eigenvalue weighted by Gasteiger charge is 2.38. The van der Waals surface area contributed by atoms with Gasteiger partial charge in [0.25, 0.3) is 0 Å². The molecule has 2 aromatic carbocycles. The molecule has 0 fully saturated rings. The molecule has 2 aromatic rings. The number of halogens is 3. The molecule has 27 heavy (non-hydrogen) atoms. The summed E-state index contributed by atoms with van der Waals surface area (Å²) in [6.45, 7) is 4.02. The normalized spacial score (nSPS) is 18.5. The van der Waals surface area contributed by atoms with Gasteiger partial charge in [-0.05, 0) is 47.2 Å². The van der Waals surface area contributed by atoms with Crippen molar-refractivity contribution in [1.82, 2.24) is 0 Å². The molecule has 0 heterocycles. The van der Waals surface area contributed by atoms with E-state index < -0.39 is 18.6 Å². The van der Waals surface area contributed by atoms with Crippen LogP contribution in [0.2, 0.25) is 0 Å². The second-order valence-electron chi connectivity index (χ2n) is 7.29. The number of ether oxygens (including phenoxy) is 2. The zero-order chi connectivity index (χ0) is 19.8. The van der Waals surface area contributed by atoms with Gasteiger partial charge in [-0.2, -0.15) is 0 Å². The molecule has 1 aliphatic carbocycles. The first kappa shape index (κ1) is 19.1. The molecule has 4 nitrogen and oxygen atoms in total. The summed E-state index contributed by atoms with van der Waals surface area (Å²) in [5.41, 5.74) is 8.19. The Morgan fingerprint density at radius 3 is 2.52 bits per heavy atom. The topological polar surface area (TPSA) is 61.6 Å².